The van der Waals surface area contributed by atoms with Gasteiger partial charge in [-0.15, -0.1) is 0 Å². The second-order valence-corrected chi connectivity index (χ2v) is 7.44. The molecule has 0 aromatic rings. The van der Waals surface area contributed by atoms with Crippen molar-refractivity contribution in [3.05, 3.63) is 0 Å². The van der Waals surface area contributed by atoms with Crippen LogP contribution in [0.3, 0.4) is 0 Å². The zero-order valence-electron chi connectivity index (χ0n) is 15.2. The predicted molar refractivity (Wildman–Crippen MR) is 94.9 cm³/mol. The molecule has 1 aliphatic rings. The Kier molecular flexibility index (Phi) is 10.4. The van der Waals surface area contributed by atoms with E-state index in [0.29, 0.717) is 0 Å². The highest BCUT2D eigenvalue weighted by molar-refractivity contribution is 4.75. The lowest BCUT2D eigenvalue weighted by Crippen LogP contribution is -2.49. The first kappa shape index (κ1) is 19.0. The summed E-state index contributed by atoms with van der Waals surface area (Å²) in [7, 11) is 0. The molecule has 0 bridgehead atoms. The Bertz CT molecular complexity index is 232. The maximum atomic E-state index is 2.68. The molecule has 1 heterocycles. The van der Waals surface area contributed by atoms with Crippen LogP contribution in [-0.4, -0.2) is 48.6 Å². The van der Waals surface area contributed by atoms with E-state index in [4.69, 9.17) is 0 Å². The van der Waals surface area contributed by atoms with E-state index < -0.39 is 0 Å². The molecule has 1 aliphatic heterocycles. The fourth-order valence-electron chi connectivity index (χ4n) is 3.28. The molecule has 1 rings (SSSR count). The van der Waals surface area contributed by atoms with Crippen LogP contribution in [0.4, 0.5) is 0 Å². The van der Waals surface area contributed by atoms with Crippen LogP contribution in [0.25, 0.3) is 0 Å². The zero-order chi connectivity index (χ0) is 15.5. The first-order valence-corrected chi connectivity index (χ1v) is 9.59. The molecule has 1 fully saturated rings. The van der Waals surface area contributed by atoms with E-state index in [1.807, 2.05) is 0 Å². The first-order chi connectivity index (χ1) is 10.1. The van der Waals surface area contributed by atoms with Gasteiger partial charge in [-0.2, -0.15) is 0 Å². The summed E-state index contributed by atoms with van der Waals surface area (Å²) in [6.45, 7) is 15.8. The van der Waals surface area contributed by atoms with E-state index in [1.54, 1.807) is 0 Å². The Hall–Kier alpha value is -0.0800. The summed E-state index contributed by atoms with van der Waals surface area (Å²) in [5.74, 6) is 0.888. The average Bonchev–Trinajstić information content (AvgIpc) is 2.49. The molecule has 0 aromatic carbocycles. The molecule has 1 unspecified atom stereocenters. The van der Waals surface area contributed by atoms with Crippen LogP contribution in [0.5, 0.6) is 0 Å². The minimum atomic E-state index is 0.776. The van der Waals surface area contributed by atoms with E-state index >= 15 is 0 Å². The molecule has 126 valence electrons. The van der Waals surface area contributed by atoms with Gasteiger partial charge in [-0.25, -0.2) is 0 Å². The third-order valence-electron chi connectivity index (χ3n) is 5.13. The SMILES string of the molecule is CCC(C)N1CCN(CCCCCCCCC(C)C)CC1. The van der Waals surface area contributed by atoms with Crippen molar-refractivity contribution in [3.63, 3.8) is 0 Å². The second-order valence-electron chi connectivity index (χ2n) is 7.44. The third-order valence-corrected chi connectivity index (χ3v) is 5.13. The average molecular weight is 297 g/mol. The summed E-state index contributed by atoms with van der Waals surface area (Å²) < 4.78 is 0. The smallest absolute Gasteiger partial charge is 0.0113 e. The Morgan fingerprint density at radius 1 is 0.762 bits per heavy atom. The van der Waals surface area contributed by atoms with E-state index in [0.717, 1.165) is 12.0 Å². The van der Waals surface area contributed by atoms with Gasteiger partial charge in [-0.3, -0.25) is 4.90 Å². The van der Waals surface area contributed by atoms with Crippen LogP contribution >= 0.6 is 0 Å². The standard InChI is InChI=1S/C19H40N2/c1-5-19(4)21-16-14-20(15-17-21)13-11-9-7-6-8-10-12-18(2)3/h18-19H,5-17H2,1-4H3. The summed E-state index contributed by atoms with van der Waals surface area (Å²) in [6.07, 6.45) is 11.3. The van der Waals surface area contributed by atoms with E-state index in [2.05, 4.69) is 37.5 Å². The Morgan fingerprint density at radius 3 is 1.90 bits per heavy atom. The Morgan fingerprint density at radius 2 is 1.33 bits per heavy atom. The molecule has 0 N–H and O–H groups in total. The molecule has 2 heteroatoms. The molecule has 0 saturated carbocycles. The van der Waals surface area contributed by atoms with Gasteiger partial charge in [0.15, 0.2) is 0 Å². The number of rotatable bonds is 11. The maximum Gasteiger partial charge on any atom is 0.0113 e. The van der Waals surface area contributed by atoms with Crippen molar-refractivity contribution >= 4 is 0 Å². The highest BCUT2D eigenvalue weighted by Gasteiger charge is 2.19. The Labute approximate surface area is 134 Å². The van der Waals surface area contributed by atoms with Crippen molar-refractivity contribution in [2.45, 2.75) is 85.1 Å². The van der Waals surface area contributed by atoms with Gasteiger partial charge in [0.05, 0.1) is 0 Å². The van der Waals surface area contributed by atoms with Gasteiger partial charge in [-0.05, 0) is 32.2 Å². The number of nitrogens with zero attached hydrogens (tertiary/aromatic N) is 2. The van der Waals surface area contributed by atoms with E-state index in [-0.39, 0.29) is 0 Å². The van der Waals surface area contributed by atoms with Crippen LogP contribution in [0.1, 0.15) is 79.1 Å². The number of unbranched alkanes of at least 4 members (excludes halogenated alkanes) is 5. The van der Waals surface area contributed by atoms with Crippen molar-refractivity contribution in [2.75, 3.05) is 32.7 Å². The van der Waals surface area contributed by atoms with Crippen molar-refractivity contribution in [2.24, 2.45) is 5.92 Å². The van der Waals surface area contributed by atoms with E-state index in [1.165, 1.54) is 84.1 Å². The minimum absolute atomic E-state index is 0.776. The normalized spacial score (nSPS) is 19.3. The van der Waals surface area contributed by atoms with Gasteiger partial charge in [0.25, 0.3) is 0 Å². The molecule has 0 aromatic heterocycles. The molecule has 1 atom stereocenters. The van der Waals surface area contributed by atoms with Crippen molar-refractivity contribution in [1.29, 1.82) is 0 Å². The summed E-state index contributed by atoms with van der Waals surface area (Å²) >= 11 is 0. The van der Waals surface area contributed by atoms with Crippen LogP contribution in [0.15, 0.2) is 0 Å². The zero-order valence-corrected chi connectivity index (χ0v) is 15.2. The molecule has 2 nitrogen and oxygen atoms in total. The van der Waals surface area contributed by atoms with Crippen LogP contribution in [0.2, 0.25) is 0 Å². The van der Waals surface area contributed by atoms with Gasteiger partial charge in [0.2, 0.25) is 0 Å². The van der Waals surface area contributed by atoms with Gasteiger partial charge >= 0.3 is 0 Å². The van der Waals surface area contributed by atoms with Crippen LogP contribution in [0, 0.1) is 5.92 Å². The second kappa shape index (κ2) is 11.5. The highest BCUT2D eigenvalue weighted by atomic mass is 15.3. The number of hydrogen-bond acceptors (Lipinski definition) is 2. The molecule has 0 radical (unpaired) electrons. The lowest BCUT2D eigenvalue weighted by molar-refractivity contribution is 0.0994. The monoisotopic (exact) mass is 296 g/mol. The summed E-state index contributed by atoms with van der Waals surface area (Å²) in [6, 6.07) is 0.776. The molecule has 1 saturated heterocycles. The van der Waals surface area contributed by atoms with E-state index in [9.17, 15) is 0 Å². The predicted octanol–water partition coefficient (Wildman–Crippen LogP) is 4.79. The summed E-state index contributed by atoms with van der Waals surface area (Å²) in [5, 5.41) is 0. The maximum absolute atomic E-state index is 2.68. The number of piperazine rings is 1. The molecule has 0 aliphatic carbocycles. The highest BCUT2D eigenvalue weighted by Crippen LogP contribution is 2.13. The molecule has 0 spiro atoms. The van der Waals surface area contributed by atoms with Crippen LogP contribution < -0.4 is 0 Å². The molecular formula is C19H40N2. The topological polar surface area (TPSA) is 6.48 Å². The van der Waals surface area contributed by atoms with Crippen molar-refractivity contribution < 1.29 is 0 Å². The van der Waals surface area contributed by atoms with Gasteiger partial charge in [-0.1, -0.05) is 59.3 Å². The van der Waals surface area contributed by atoms with Gasteiger partial charge < -0.3 is 4.90 Å². The molecule has 0 amide bonds. The quantitative estimate of drug-likeness (QED) is 0.506. The minimum Gasteiger partial charge on any atom is -0.301 e. The third kappa shape index (κ3) is 8.83. The lowest BCUT2D eigenvalue weighted by atomic mass is 10.0. The van der Waals surface area contributed by atoms with Gasteiger partial charge in [0.1, 0.15) is 0 Å². The summed E-state index contributed by atoms with van der Waals surface area (Å²) in [4.78, 5) is 5.34. The van der Waals surface area contributed by atoms with Gasteiger partial charge in [0, 0.05) is 32.2 Å². The number of hydrogen-bond donors (Lipinski definition) is 0. The Balaban J connectivity index is 1.90. The van der Waals surface area contributed by atoms with Crippen LogP contribution in [-0.2, 0) is 0 Å². The molecular weight excluding hydrogens is 256 g/mol. The first-order valence-electron chi connectivity index (χ1n) is 9.59. The fraction of sp³-hybridized carbons (Fsp3) is 1.00. The lowest BCUT2D eigenvalue weighted by Gasteiger charge is -2.37. The molecule has 21 heavy (non-hydrogen) atoms. The van der Waals surface area contributed by atoms with Crippen molar-refractivity contribution in [1.82, 2.24) is 9.80 Å². The largest absolute Gasteiger partial charge is 0.301 e. The summed E-state index contributed by atoms with van der Waals surface area (Å²) in [5.41, 5.74) is 0. The fourth-order valence-corrected chi connectivity index (χ4v) is 3.28. The van der Waals surface area contributed by atoms with Crippen molar-refractivity contribution in [3.8, 4) is 0 Å².